The van der Waals surface area contributed by atoms with Crippen molar-refractivity contribution in [3.05, 3.63) is 95.1 Å². The van der Waals surface area contributed by atoms with Crippen molar-refractivity contribution < 1.29 is 23.7 Å². The van der Waals surface area contributed by atoms with E-state index in [2.05, 4.69) is 16.5 Å². The van der Waals surface area contributed by atoms with Crippen molar-refractivity contribution in [2.75, 3.05) is 21.3 Å². The van der Waals surface area contributed by atoms with Crippen molar-refractivity contribution in [1.82, 2.24) is 10.4 Å². The van der Waals surface area contributed by atoms with Gasteiger partial charge < -0.3 is 24.4 Å². The molecule has 3 aromatic rings. The first-order valence-electron chi connectivity index (χ1n) is 10.6. The number of nitrogens with zero attached hydrogens (tertiary/aromatic N) is 1. The molecule has 2 heterocycles. The van der Waals surface area contributed by atoms with Crippen molar-refractivity contribution in [2.45, 2.75) is 12.3 Å². The van der Waals surface area contributed by atoms with Gasteiger partial charge in [-0.3, -0.25) is 0 Å². The minimum atomic E-state index is -0.454. The zero-order valence-electron chi connectivity index (χ0n) is 18.6. The van der Waals surface area contributed by atoms with Gasteiger partial charge in [-0.2, -0.15) is 5.01 Å². The molecule has 168 valence electrons. The van der Waals surface area contributed by atoms with E-state index in [9.17, 15) is 4.79 Å². The van der Waals surface area contributed by atoms with E-state index in [1.165, 1.54) is 7.11 Å². The average Bonchev–Trinajstić information content (AvgIpc) is 3.33. The summed E-state index contributed by atoms with van der Waals surface area (Å²) in [7, 11) is 4.66. The standard InChI is InChI=1S/C26H24N2O5/c1-30-19-7-4-6-18(14-19)21-15-22-20-8-5-9-23(31-2)24(20)33-25(28(22)27-21)16-10-12-17(13-11-16)26(29)32-3/h4-15,22,25,27H,1-3H3. The topological polar surface area (TPSA) is 69.3 Å². The van der Waals surface area contributed by atoms with Crippen LogP contribution in [0.15, 0.2) is 72.8 Å². The van der Waals surface area contributed by atoms with E-state index in [1.54, 1.807) is 26.4 Å². The predicted molar refractivity (Wildman–Crippen MR) is 123 cm³/mol. The number of ether oxygens (including phenoxy) is 4. The van der Waals surface area contributed by atoms with Crippen LogP contribution in [0.4, 0.5) is 0 Å². The minimum absolute atomic E-state index is 0.0877. The lowest BCUT2D eigenvalue weighted by Crippen LogP contribution is -2.43. The van der Waals surface area contributed by atoms with Gasteiger partial charge in [0.25, 0.3) is 0 Å². The molecule has 7 nitrogen and oxygen atoms in total. The maximum Gasteiger partial charge on any atom is 0.337 e. The second-order valence-electron chi connectivity index (χ2n) is 7.74. The number of methoxy groups -OCH3 is 3. The summed E-state index contributed by atoms with van der Waals surface area (Å²) in [4.78, 5) is 11.9. The lowest BCUT2D eigenvalue weighted by molar-refractivity contribution is -0.0343. The SMILES string of the molecule is COC(=O)c1ccc(C2Oc3c(OC)cccc3C3C=C(c4cccc(OC)c4)NN32)cc1. The molecule has 0 saturated heterocycles. The number of nitrogens with one attached hydrogen (secondary N) is 1. The molecule has 0 bridgehead atoms. The fourth-order valence-electron chi connectivity index (χ4n) is 4.23. The molecular weight excluding hydrogens is 420 g/mol. The van der Waals surface area contributed by atoms with Crippen LogP contribution < -0.4 is 19.6 Å². The Labute approximate surface area is 192 Å². The van der Waals surface area contributed by atoms with Crippen LogP contribution in [0, 0.1) is 0 Å². The van der Waals surface area contributed by atoms with Crippen LogP contribution in [-0.2, 0) is 4.74 Å². The summed E-state index contributed by atoms with van der Waals surface area (Å²) in [5.74, 6) is 1.78. The fraction of sp³-hybridized carbons (Fsp3) is 0.192. The first-order chi connectivity index (χ1) is 16.1. The highest BCUT2D eigenvalue weighted by atomic mass is 16.5. The lowest BCUT2D eigenvalue weighted by Gasteiger charge is -2.39. The second-order valence-corrected chi connectivity index (χ2v) is 7.74. The zero-order valence-corrected chi connectivity index (χ0v) is 18.6. The Balaban J connectivity index is 1.57. The van der Waals surface area contributed by atoms with Gasteiger partial charge in [0.2, 0.25) is 0 Å². The van der Waals surface area contributed by atoms with Crippen LogP contribution in [0.5, 0.6) is 17.2 Å². The van der Waals surface area contributed by atoms with Crippen LogP contribution in [-0.4, -0.2) is 32.3 Å². The molecule has 2 aliphatic heterocycles. The third-order valence-electron chi connectivity index (χ3n) is 5.90. The monoisotopic (exact) mass is 444 g/mol. The number of para-hydroxylation sites is 1. The highest BCUT2D eigenvalue weighted by Crippen LogP contribution is 2.49. The highest BCUT2D eigenvalue weighted by Gasteiger charge is 2.41. The minimum Gasteiger partial charge on any atom is -0.497 e. The maximum atomic E-state index is 11.9. The molecule has 0 amide bonds. The first-order valence-corrected chi connectivity index (χ1v) is 10.6. The highest BCUT2D eigenvalue weighted by molar-refractivity contribution is 5.89. The quantitative estimate of drug-likeness (QED) is 0.582. The van der Waals surface area contributed by atoms with Crippen LogP contribution in [0.25, 0.3) is 5.70 Å². The molecule has 2 aliphatic rings. The molecule has 0 spiro atoms. The summed E-state index contributed by atoms with van der Waals surface area (Å²) in [6.45, 7) is 0. The van der Waals surface area contributed by atoms with E-state index in [1.807, 2.05) is 54.6 Å². The number of carbonyl (C=O) groups is 1. The van der Waals surface area contributed by atoms with Crippen LogP contribution in [0.1, 0.15) is 39.3 Å². The molecule has 5 rings (SSSR count). The van der Waals surface area contributed by atoms with E-state index in [0.29, 0.717) is 17.1 Å². The molecule has 0 aliphatic carbocycles. The van der Waals surface area contributed by atoms with Gasteiger partial charge in [-0.1, -0.05) is 36.4 Å². The Morgan fingerprint density at radius 2 is 1.76 bits per heavy atom. The third kappa shape index (κ3) is 3.66. The second kappa shape index (κ2) is 8.52. The van der Waals surface area contributed by atoms with Gasteiger partial charge in [0.15, 0.2) is 17.7 Å². The molecule has 1 N–H and O–H groups in total. The molecule has 3 aromatic carbocycles. The lowest BCUT2D eigenvalue weighted by atomic mass is 10.00. The summed E-state index contributed by atoms with van der Waals surface area (Å²) in [5.41, 5.74) is 7.85. The summed E-state index contributed by atoms with van der Waals surface area (Å²) in [6, 6.07) is 20.9. The smallest absolute Gasteiger partial charge is 0.337 e. The van der Waals surface area contributed by atoms with Gasteiger partial charge >= 0.3 is 5.97 Å². The van der Waals surface area contributed by atoms with Gasteiger partial charge in [-0.05, 0) is 36.4 Å². The Hall–Kier alpha value is -3.97. The molecule has 0 radical (unpaired) electrons. The molecule has 33 heavy (non-hydrogen) atoms. The van der Waals surface area contributed by atoms with Crippen molar-refractivity contribution in [2.24, 2.45) is 0 Å². The van der Waals surface area contributed by atoms with Gasteiger partial charge in [0.1, 0.15) is 5.75 Å². The van der Waals surface area contributed by atoms with E-state index in [4.69, 9.17) is 18.9 Å². The number of esters is 1. The number of hydrogen-bond acceptors (Lipinski definition) is 7. The number of carbonyl (C=O) groups excluding carboxylic acids is 1. The molecule has 0 fully saturated rings. The number of hydrogen-bond donors (Lipinski definition) is 1. The number of benzene rings is 3. The molecule has 0 aromatic heterocycles. The summed E-state index contributed by atoms with van der Waals surface area (Å²) >= 11 is 0. The summed E-state index contributed by atoms with van der Waals surface area (Å²) in [5, 5.41) is 2.06. The van der Waals surface area contributed by atoms with Gasteiger partial charge in [0, 0.05) is 16.7 Å². The van der Waals surface area contributed by atoms with Gasteiger partial charge in [-0.15, -0.1) is 0 Å². The van der Waals surface area contributed by atoms with Crippen molar-refractivity contribution in [3.63, 3.8) is 0 Å². The Kier molecular flexibility index (Phi) is 5.40. The predicted octanol–water partition coefficient (Wildman–Crippen LogP) is 4.48. The summed E-state index contributed by atoms with van der Waals surface area (Å²) < 4.78 is 22.3. The first kappa shape index (κ1) is 20.9. The number of fused-ring (bicyclic) bond motifs is 3. The van der Waals surface area contributed by atoms with Crippen molar-refractivity contribution >= 4 is 11.7 Å². The van der Waals surface area contributed by atoms with E-state index < -0.39 is 6.23 Å². The van der Waals surface area contributed by atoms with Gasteiger partial charge in [-0.25, -0.2) is 4.79 Å². The van der Waals surface area contributed by atoms with Crippen molar-refractivity contribution in [1.29, 1.82) is 0 Å². The Morgan fingerprint density at radius 1 is 0.970 bits per heavy atom. The average molecular weight is 444 g/mol. The Morgan fingerprint density at radius 3 is 2.48 bits per heavy atom. The van der Waals surface area contributed by atoms with E-state index in [-0.39, 0.29) is 12.0 Å². The Bertz CT molecular complexity index is 1220. The van der Waals surface area contributed by atoms with Gasteiger partial charge in [0.05, 0.1) is 38.6 Å². The van der Waals surface area contributed by atoms with Crippen LogP contribution in [0.2, 0.25) is 0 Å². The van der Waals surface area contributed by atoms with Crippen LogP contribution >= 0.6 is 0 Å². The third-order valence-corrected chi connectivity index (χ3v) is 5.90. The van der Waals surface area contributed by atoms with E-state index in [0.717, 1.165) is 28.1 Å². The molecule has 0 saturated carbocycles. The molecular formula is C26H24N2O5. The molecule has 2 unspecified atom stereocenters. The number of hydrazine groups is 1. The maximum absolute atomic E-state index is 11.9. The largest absolute Gasteiger partial charge is 0.497 e. The summed E-state index contributed by atoms with van der Waals surface area (Å²) in [6.07, 6.45) is 1.72. The van der Waals surface area contributed by atoms with Crippen LogP contribution in [0.3, 0.4) is 0 Å². The molecule has 2 atom stereocenters. The number of rotatable bonds is 5. The zero-order chi connectivity index (χ0) is 22.9. The molecule has 7 heteroatoms. The van der Waals surface area contributed by atoms with E-state index >= 15 is 0 Å². The fourth-order valence-corrected chi connectivity index (χ4v) is 4.23. The van der Waals surface area contributed by atoms with Crippen molar-refractivity contribution in [3.8, 4) is 17.2 Å². The normalized spacial score (nSPS) is 18.8.